The quantitative estimate of drug-likeness (QED) is 0.679. The molecule has 0 aromatic heterocycles. The lowest BCUT2D eigenvalue weighted by molar-refractivity contribution is 0.112. The van der Waals surface area contributed by atoms with Crippen LogP contribution in [-0.4, -0.2) is 25.4 Å². The molecule has 82 valence electrons. The Morgan fingerprint density at radius 2 is 1.80 bits per heavy atom. The molecule has 15 heavy (non-hydrogen) atoms. The Bertz CT molecular complexity index is 268. The maximum Gasteiger partial charge on any atom is 0.150 e. The average Bonchev–Trinajstić information content (AvgIpc) is 2.32. The number of piperidine rings is 1. The first-order chi connectivity index (χ1) is 7.33. The summed E-state index contributed by atoms with van der Waals surface area (Å²) in [7, 11) is 0. The van der Waals surface area contributed by atoms with E-state index in [4.69, 9.17) is 5.73 Å². The molecule has 1 aromatic rings. The highest BCUT2D eigenvalue weighted by atomic mass is 16.1. The highest BCUT2D eigenvalue weighted by Gasteiger charge is 2.05. The van der Waals surface area contributed by atoms with Crippen molar-refractivity contribution in [3.63, 3.8) is 0 Å². The molecule has 3 heteroatoms. The Kier molecular flexibility index (Phi) is 5.66. The number of benzene rings is 1. The minimum atomic E-state index is 0.473. The fourth-order valence-electron chi connectivity index (χ4n) is 1.38. The number of hydrogen-bond donors (Lipinski definition) is 2. The largest absolute Gasteiger partial charge is 0.328 e. The maximum atomic E-state index is 10.0. The first-order valence-electron chi connectivity index (χ1n) is 5.29. The van der Waals surface area contributed by atoms with Crippen LogP contribution in [-0.2, 0) is 0 Å². The summed E-state index contributed by atoms with van der Waals surface area (Å²) in [6, 6.07) is 9.57. The fourth-order valence-corrected chi connectivity index (χ4v) is 1.38. The van der Waals surface area contributed by atoms with E-state index in [9.17, 15) is 4.79 Å². The van der Waals surface area contributed by atoms with Gasteiger partial charge in [-0.2, -0.15) is 0 Å². The van der Waals surface area contributed by atoms with E-state index in [1.807, 2.05) is 18.2 Å². The topological polar surface area (TPSA) is 55.1 Å². The van der Waals surface area contributed by atoms with Crippen LogP contribution in [0.15, 0.2) is 30.3 Å². The van der Waals surface area contributed by atoms with Gasteiger partial charge in [0.1, 0.15) is 6.29 Å². The lowest BCUT2D eigenvalue weighted by atomic mass is 10.1. The molecular formula is C12H18N2O. The molecule has 2 rings (SSSR count). The molecule has 0 radical (unpaired) electrons. The van der Waals surface area contributed by atoms with Gasteiger partial charge in [-0.05, 0) is 25.9 Å². The molecule has 1 aromatic carbocycles. The van der Waals surface area contributed by atoms with E-state index in [1.165, 1.54) is 0 Å². The van der Waals surface area contributed by atoms with Crippen LogP contribution in [0.3, 0.4) is 0 Å². The highest BCUT2D eigenvalue weighted by Crippen LogP contribution is 1.96. The Morgan fingerprint density at radius 1 is 1.20 bits per heavy atom. The zero-order valence-corrected chi connectivity index (χ0v) is 8.86. The van der Waals surface area contributed by atoms with Crippen molar-refractivity contribution in [3.05, 3.63) is 35.9 Å². The molecule has 1 heterocycles. The van der Waals surface area contributed by atoms with Crippen molar-refractivity contribution >= 4 is 6.29 Å². The van der Waals surface area contributed by atoms with E-state index < -0.39 is 0 Å². The molecule has 3 nitrogen and oxygen atoms in total. The van der Waals surface area contributed by atoms with E-state index >= 15 is 0 Å². The SMILES string of the molecule is NC1CCNCC1.O=Cc1ccccc1. The highest BCUT2D eigenvalue weighted by molar-refractivity contribution is 5.74. The normalized spacial score (nSPS) is 16.3. The third kappa shape index (κ3) is 5.30. The summed E-state index contributed by atoms with van der Waals surface area (Å²) in [4.78, 5) is 10.0. The molecule has 0 saturated carbocycles. The molecule has 1 aliphatic heterocycles. The molecule has 3 N–H and O–H groups in total. The average molecular weight is 206 g/mol. The molecular weight excluding hydrogens is 188 g/mol. The molecule has 0 spiro atoms. The summed E-state index contributed by atoms with van der Waals surface area (Å²) in [6.45, 7) is 2.22. The van der Waals surface area contributed by atoms with Gasteiger partial charge in [0, 0.05) is 11.6 Å². The van der Waals surface area contributed by atoms with Gasteiger partial charge in [0.2, 0.25) is 0 Å². The van der Waals surface area contributed by atoms with Crippen LogP contribution in [0.4, 0.5) is 0 Å². The third-order valence-corrected chi connectivity index (χ3v) is 2.32. The number of hydrogen-bond acceptors (Lipinski definition) is 3. The molecule has 1 fully saturated rings. The van der Waals surface area contributed by atoms with Crippen molar-refractivity contribution < 1.29 is 4.79 Å². The minimum Gasteiger partial charge on any atom is -0.328 e. The first kappa shape index (κ1) is 11.9. The number of carbonyl (C=O) groups excluding carboxylic acids is 1. The molecule has 1 saturated heterocycles. The predicted octanol–water partition coefficient (Wildman–Crippen LogP) is 1.20. The number of nitrogens with two attached hydrogens (primary N) is 1. The van der Waals surface area contributed by atoms with E-state index in [2.05, 4.69) is 5.32 Å². The molecule has 0 unspecified atom stereocenters. The second kappa shape index (κ2) is 7.15. The smallest absolute Gasteiger partial charge is 0.150 e. The van der Waals surface area contributed by atoms with E-state index in [0.29, 0.717) is 6.04 Å². The van der Waals surface area contributed by atoms with Gasteiger partial charge < -0.3 is 11.1 Å². The van der Waals surface area contributed by atoms with Crippen molar-refractivity contribution in [2.75, 3.05) is 13.1 Å². The van der Waals surface area contributed by atoms with Gasteiger partial charge in [0.25, 0.3) is 0 Å². The van der Waals surface area contributed by atoms with Crippen molar-refractivity contribution in [1.29, 1.82) is 0 Å². The van der Waals surface area contributed by atoms with Crippen LogP contribution >= 0.6 is 0 Å². The Labute approximate surface area is 90.7 Å². The summed E-state index contributed by atoms with van der Waals surface area (Å²) in [6.07, 6.45) is 3.14. The van der Waals surface area contributed by atoms with Gasteiger partial charge in [-0.25, -0.2) is 0 Å². The number of rotatable bonds is 1. The van der Waals surface area contributed by atoms with Gasteiger partial charge in [-0.3, -0.25) is 4.79 Å². The van der Waals surface area contributed by atoms with Gasteiger partial charge in [0.15, 0.2) is 0 Å². The van der Waals surface area contributed by atoms with E-state index in [-0.39, 0.29) is 0 Å². The van der Waals surface area contributed by atoms with Gasteiger partial charge in [-0.1, -0.05) is 30.3 Å². The van der Waals surface area contributed by atoms with Crippen LogP contribution < -0.4 is 11.1 Å². The zero-order chi connectivity index (χ0) is 10.9. The van der Waals surface area contributed by atoms with E-state index in [1.54, 1.807) is 12.1 Å². The second-order valence-electron chi connectivity index (χ2n) is 3.62. The maximum absolute atomic E-state index is 10.0. The van der Waals surface area contributed by atoms with Crippen molar-refractivity contribution in [3.8, 4) is 0 Å². The van der Waals surface area contributed by atoms with Crippen molar-refractivity contribution in [1.82, 2.24) is 5.32 Å². The van der Waals surface area contributed by atoms with Crippen LogP contribution in [0.2, 0.25) is 0 Å². The summed E-state index contributed by atoms with van der Waals surface area (Å²) < 4.78 is 0. The number of nitrogens with one attached hydrogen (secondary N) is 1. The first-order valence-corrected chi connectivity index (χ1v) is 5.29. The Balaban J connectivity index is 0.000000151. The van der Waals surface area contributed by atoms with Gasteiger partial charge in [0.05, 0.1) is 0 Å². The Hall–Kier alpha value is -1.19. The van der Waals surface area contributed by atoms with Gasteiger partial charge in [-0.15, -0.1) is 0 Å². The number of aldehydes is 1. The minimum absolute atomic E-state index is 0.473. The second-order valence-corrected chi connectivity index (χ2v) is 3.62. The zero-order valence-electron chi connectivity index (χ0n) is 8.86. The monoisotopic (exact) mass is 206 g/mol. The summed E-state index contributed by atoms with van der Waals surface area (Å²) >= 11 is 0. The Morgan fingerprint density at radius 3 is 2.13 bits per heavy atom. The van der Waals surface area contributed by atoms with Gasteiger partial charge >= 0.3 is 0 Å². The van der Waals surface area contributed by atoms with Crippen LogP contribution in [0.5, 0.6) is 0 Å². The molecule has 0 bridgehead atoms. The lowest BCUT2D eigenvalue weighted by Crippen LogP contribution is -2.35. The molecule has 0 amide bonds. The molecule has 0 atom stereocenters. The predicted molar refractivity (Wildman–Crippen MR) is 61.9 cm³/mol. The number of carbonyl (C=O) groups is 1. The lowest BCUT2D eigenvalue weighted by Gasteiger charge is -2.17. The molecule has 1 aliphatic rings. The van der Waals surface area contributed by atoms with Crippen LogP contribution in [0, 0.1) is 0 Å². The summed E-state index contributed by atoms with van der Waals surface area (Å²) in [5.74, 6) is 0. The van der Waals surface area contributed by atoms with Crippen molar-refractivity contribution in [2.45, 2.75) is 18.9 Å². The van der Waals surface area contributed by atoms with E-state index in [0.717, 1.165) is 37.8 Å². The van der Waals surface area contributed by atoms with Crippen LogP contribution in [0.25, 0.3) is 0 Å². The summed E-state index contributed by atoms with van der Waals surface area (Å²) in [5, 5.41) is 3.24. The third-order valence-electron chi connectivity index (χ3n) is 2.32. The summed E-state index contributed by atoms with van der Waals surface area (Å²) in [5.41, 5.74) is 6.32. The fraction of sp³-hybridized carbons (Fsp3) is 0.417. The van der Waals surface area contributed by atoms with Crippen molar-refractivity contribution in [2.24, 2.45) is 5.73 Å². The van der Waals surface area contributed by atoms with Crippen LogP contribution in [0.1, 0.15) is 23.2 Å². The standard InChI is InChI=1S/C7H6O.C5H12N2/c8-6-7-4-2-1-3-5-7;6-5-1-3-7-4-2-5/h1-6H;5,7H,1-4,6H2. The molecule has 0 aliphatic carbocycles.